The number of carbonyl (C=O) groups excluding carboxylic acids is 2. The molecule has 0 unspecified atom stereocenters. The number of hydrogen-bond acceptors (Lipinski definition) is 5. The summed E-state index contributed by atoms with van der Waals surface area (Å²) in [6.45, 7) is 8.25. The largest absolute Gasteiger partial charge is 0.478 e. The molecule has 0 aliphatic carbocycles. The molecule has 1 aliphatic rings. The van der Waals surface area contributed by atoms with Crippen LogP contribution in [-0.2, 0) is 11.2 Å². The van der Waals surface area contributed by atoms with Crippen molar-refractivity contribution in [3.8, 4) is 11.1 Å². The summed E-state index contributed by atoms with van der Waals surface area (Å²) in [4.78, 5) is 42.0. The first-order valence-electron chi connectivity index (χ1n) is 13.8. The highest BCUT2D eigenvalue weighted by Gasteiger charge is 2.33. The molecular formula is C32H33FN4O5. The molecule has 0 spiro atoms. The van der Waals surface area contributed by atoms with Gasteiger partial charge in [0.15, 0.2) is 0 Å². The van der Waals surface area contributed by atoms with E-state index in [1.54, 1.807) is 43.6 Å². The number of aromatic carboxylic acids is 1. The summed E-state index contributed by atoms with van der Waals surface area (Å²) in [5.74, 6) is -1.80. The Bertz CT molecular complexity index is 1670. The lowest BCUT2D eigenvalue weighted by molar-refractivity contribution is 0.0139. The molecule has 2 amide bonds. The van der Waals surface area contributed by atoms with Gasteiger partial charge < -0.3 is 19.6 Å². The third kappa shape index (κ3) is 5.70. The van der Waals surface area contributed by atoms with Crippen LogP contribution in [0, 0.1) is 12.7 Å². The first-order chi connectivity index (χ1) is 19.9. The predicted octanol–water partition coefficient (Wildman–Crippen LogP) is 5.43. The second kappa shape index (κ2) is 11.3. The number of benzene rings is 2. The number of ether oxygens (including phenoxy) is 1. The van der Waals surface area contributed by atoms with Gasteiger partial charge in [0, 0.05) is 38.2 Å². The van der Waals surface area contributed by atoms with Crippen molar-refractivity contribution in [2.75, 3.05) is 26.2 Å². The van der Waals surface area contributed by atoms with E-state index in [1.807, 2.05) is 36.4 Å². The quantitative estimate of drug-likeness (QED) is 0.342. The maximum atomic E-state index is 14.6. The highest BCUT2D eigenvalue weighted by Crippen LogP contribution is 2.36. The summed E-state index contributed by atoms with van der Waals surface area (Å²) in [5.41, 5.74) is 3.30. The van der Waals surface area contributed by atoms with Crippen LogP contribution in [0.15, 0.2) is 60.8 Å². The van der Waals surface area contributed by atoms with Crippen molar-refractivity contribution in [1.29, 1.82) is 0 Å². The van der Waals surface area contributed by atoms with Crippen molar-refractivity contribution in [2.45, 2.75) is 39.7 Å². The van der Waals surface area contributed by atoms with Crippen LogP contribution in [0.2, 0.25) is 0 Å². The number of halogens is 1. The molecule has 2 aromatic carbocycles. The van der Waals surface area contributed by atoms with Crippen LogP contribution in [-0.4, -0.2) is 74.3 Å². The van der Waals surface area contributed by atoms with Gasteiger partial charge in [-0.05, 0) is 62.1 Å². The van der Waals surface area contributed by atoms with Gasteiger partial charge in [-0.1, -0.05) is 42.5 Å². The Morgan fingerprint density at radius 3 is 2.29 bits per heavy atom. The van der Waals surface area contributed by atoms with E-state index in [1.165, 1.54) is 22.8 Å². The fourth-order valence-corrected chi connectivity index (χ4v) is 5.22. The van der Waals surface area contributed by atoms with E-state index >= 15 is 0 Å². The zero-order valence-corrected chi connectivity index (χ0v) is 24.1. The zero-order chi connectivity index (χ0) is 30.2. The average Bonchev–Trinajstić information content (AvgIpc) is 3.27. The summed E-state index contributed by atoms with van der Waals surface area (Å²) >= 11 is 0. The Kier molecular flexibility index (Phi) is 7.73. The molecule has 42 heavy (non-hydrogen) atoms. The van der Waals surface area contributed by atoms with Crippen LogP contribution in [0.25, 0.3) is 16.6 Å². The third-order valence-corrected chi connectivity index (χ3v) is 7.37. The number of fused-ring (bicyclic) bond motifs is 1. The van der Waals surface area contributed by atoms with Gasteiger partial charge in [-0.15, -0.1) is 0 Å². The Labute approximate surface area is 243 Å². The maximum Gasteiger partial charge on any atom is 0.410 e. The molecule has 9 nitrogen and oxygen atoms in total. The normalized spacial score (nSPS) is 13.8. The fourth-order valence-electron chi connectivity index (χ4n) is 5.22. The summed E-state index contributed by atoms with van der Waals surface area (Å²) in [6.07, 6.45) is 1.01. The van der Waals surface area contributed by atoms with Gasteiger partial charge >= 0.3 is 12.1 Å². The molecule has 2 aromatic heterocycles. The highest BCUT2D eigenvalue weighted by molar-refractivity contribution is 6.02. The zero-order valence-electron chi connectivity index (χ0n) is 24.1. The van der Waals surface area contributed by atoms with Crippen LogP contribution in [0.4, 0.5) is 9.18 Å². The molecule has 1 aliphatic heterocycles. The molecule has 0 atom stereocenters. The van der Waals surface area contributed by atoms with Crippen molar-refractivity contribution >= 4 is 23.5 Å². The van der Waals surface area contributed by atoms with Gasteiger partial charge in [-0.3, -0.25) is 4.79 Å². The van der Waals surface area contributed by atoms with Crippen molar-refractivity contribution in [2.24, 2.45) is 0 Å². The number of carboxylic acid groups (broad SMARTS) is 1. The average molecular weight is 573 g/mol. The number of amides is 2. The smallest absolute Gasteiger partial charge is 0.410 e. The minimum atomic E-state index is -1.14. The van der Waals surface area contributed by atoms with Crippen molar-refractivity contribution in [1.82, 2.24) is 19.4 Å². The molecule has 5 rings (SSSR count). The molecule has 0 saturated carbocycles. The molecule has 0 radical (unpaired) electrons. The number of rotatable bonds is 5. The lowest BCUT2D eigenvalue weighted by Crippen LogP contribution is -2.52. The second-order valence-electron chi connectivity index (χ2n) is 11.4. The lowest BCUT2D eigenvalue weighted by atomic mass is 9.93. The number of hydrogen-bond donors (Lipinski definition) is 1. The Hall–Kier alpha value is -4.73. The Morgan fingerprint density at radius 1 is 0.976 bits per heavy atom. The minimum Gasteiger partial charge on any atom is -0.478 e. The van der Waals surface area contributed by atoms with Crippen molar-refractivity contribution < 1.29 is 28.6 Å². The number of piperazine rings is 1. The van der Waals surface area contributed by atoms with Crippen LogP contribution < -0.4 is 0 Å². The van der Waals surface area contributed by atoms with Crippen LogP contribution >= 0.6 is 0 Å². The maximum absolute atomic E-state index is 14.6. The highest BCUT2D eigenvalue weighted by atomic mass is 19.1. The minimum absolute atomic E-state index is 0.0179. The molecule has 10 heteroatoms. The number of carboxylic acids is 1. The molecule has 1 fully saturated rings. The molecule has 4 aromatic rings. The van der Waals surface area contributed by atoms with E-state index in [0.29, 0.717) is 40.9 Å². The molecule has 0 bridgehead atoms. The summed E-state index contributed by atoms with van der Waals surface area (Å²) in [5, 5.41) is 14.1. The van der Waals surface area contributed by atoms with Crippen LogP contribution in [0.3, 0.4) is 0 Å². The van der Waals surface area contributed by atoms with Gasteiger partial charge in [-0.2, -0.15) is 5.10 Å². The molecule has 3 heterocycles. The van der Waals surface area contributed by atoms with E-state index in [9.17, 15) is 23.9 Å². The molecule has 1 N–H and O–H groups in total. The van der Waals surface area contributed by atoms with E-state index in [0.717, 1.165) is 5.56 Å². The first-order valence-corrected chi connectivity index (χ1v) is 13.8. The Balaban J connectivity index is 1.62. The van der Waals surface area contributed by atoms with E-state index in [2.05, 4.69) is 5.10 Å². The molecule has 1 saturated heterocycles. The SMILES string of the molecule is Cc1c(F)cccc1Cc1c(-c2ccccc2)c2cc(C(=O)O)cnn2c1C(=O)N1CCN(C(=O)OC(C)(C)C)CC1. The second-order valence-corrected chi connectivity index (χ2v) is 11.4. The summed E-state index contributed by atoms with van der Waals surface area (Å²) in [7, 11) is 0. The standard InChI is InChI=1S/C32H33FN4O5/c1-20-22(11-8-12-25(20)33)17-24-27(21-9-6-5-7-10-21)26-18-23(30(39)40)19-34-37(26)28(24)29(38)35-13-15-36(16-14-35)31(41)42-32(2,3)4/h5-12,18-19H,13-17H2,1-4H3,(H,39,40). The van der Waals surface area contributed by atoms with Gasteiger partial charge in [0.2, 0.25) is 0 Å². The van der Waals surface area contributed by atoms with E-state index in [-0.39, 0.29) is 42.5 Å². The van der Waals surface area contributed by atoms with Gasteiger partial charge in [0.25, 0.3) is 5.91 Å². The molecular weight excluding hydrogens is 539 g/mol. The predicted molar refractivity (Wildman–Crippen MR) is 155 cm³/mol. The van der Waals surface area contributed by atoms with E-state index < -0.39 is 17.7 Å². The monoisotopic (exact) mass is 572 g/mol. The summed E-state index contributed by atoms with van der Waals surface area (Å²) in [6, 6.07) is 15.7. The Morgan fingerprint density at radius 2 is 1.64 bits per heavy atom. The van der Waals surface area contributed by atoms with Gasteiger partial charge in [0.05, 0.1) is 17.3 Å². The van der Waals surface area contributed by atoms with Crippen LogP contribution in [0.5, 0.6) is 0 Å². The number of aromatic nitrogens is 2. The van der Waals surface area contributed by atoms with E-state index in [4.69, 9.17) is 4.74 Å². The van der Waals surface area contributed by atoms with Crippen molar-refractivity contribution in [3.63, 3.8) is 0 Å². The first kappa shape index (κ1) is 28.8. The number of carbonyl (C=O) groups is 3. The van der Waals surface area contributed by atoms with Gasteiger partial charge in [-0.25, -0.2) is 18.5 Å². The lowest BCUT2D eigenvalue weighted by Gasteiger charge is -2.35. The molecule has 218 valence electrons. The van der Waals surface area contributed by atoms with Crippen molar-refractivity contribution in [3.05, 3.63) is 94.6 Å². The third-order valence-electron chi connectivity index (χ3n) is 7.37. The number of nitrogens with zero attached hydrogens (tertiary/aromatic N) is 4. The fraction of sp³-hybridized carbons (Fsp3) is 0.312. The summed E-state index contributed by atoms with van der Waals surface area (Å²) < 4.78 is 21.6. The topological polar surface area (TPSA) is 104 Å². The van der Waals surface area contributed by atoms with Crippen LogP contribution in [0.1, 0.15) is 58.3 Å². The van der Waals surface area contributed by atoms with Gasteiger partial charge in [0.1, 0.15) is 17.1 Å².